The lowest BCUT2D eigenvalue weighted by molar-refractivity contribution is 0.159. The molecule has 12 aromatic carbocycles. The van der Waals surface area contributed by atoms with Crippen molar-refractivity contribution in [1.82, 2.24) is 0 Å². The van der Waals surface area contributed by atoms with Gasteiger partial charge in [0.05, 0.1) is 0 Å². The first kappa shape index (κ1) is 50.2. The third kappa shape index (κ3) is 8.71. The summed E-state index contributed by atoms with van der Waals surface area (Å²) in [5.74, 6) is 2.04. The molecule has 4 aliphatic rings. The normalized spacial score (nSPS) is 16.8. The molecule has 398 valence electrons. The Balaban J connectivity index is 0.000000142. The zero-order valence-electron chi connectivity index (χ0n) is 46.9. The molecule has 0 saturated heterocycles. The molecule has 2 heterocycles. The molecule has 16 rings (SSSR count). The molecule has 2 aliphatic heterocycles. The highest BCUT2D eigenvalue weighted by Gasteiger charge is 2.42. The number of hydrogen-bond donors (Lipinski definition) is 0. The van der Waals surface area contributed by atoms with Crippen molar-refractivity contribution in [1.29, 1.82) is 0 Å². The van der Waals surface area contributed by atoms with Gasteiger partial charge in [-0.05, 0) is 147 Å². The quantitative estimate of drug-likeness (QED) is 0.158. The van der Waals surface area contributed by atoms with Gasteiger partial charge in [-0.1, -0.05) is 266 Å². The summed E-state index contributed by atoms with van der Waals surface area (Å²) in [7, 11) is 0. The van der Waals surface area contributed by atoms with Gasteiger partial charge in [0.1, 0.15) is 11.5 Å². The average Bonchev–Trinajstić information content (AvgIpc) is 2.94. The van der Waals surface area contributed by atoms with Crippen LogP contribution in [0.5, 0.6) is 11.5 Å². The summed E-state index contributed by atoms with van der Waals surface area (Å²) in [6, 6.07) is 92.2. The summed E-state index contributed by atoms with van der Waals surface area (Å²) in [6.07, 6.45) is 14.1. The topological polar surface area (TPSA) is 18.5 Å². The molecule has 0 N–H and O–H groups in total. The van der Waals surface area contributed by atoms with Gasteiger partial charge in [-0.3, -0.25) is 0 Å². The maximum atomic E-state index is 7.42. The molecule has 0 bridgehead atoms. The van der Waals surface area contributed by atoms with E-state index < -0.39 is 11.2 Å². The van der Waals surface area contributed by atoms with Gasteiger partial charge in [-0.15, -0.1) is 0 Å². The summed E-state index contributed by atoms with van der Waals surface area (Å²) < 4.78 is 14.8. The first-order valence-electron chi connectivity index (χ1n) is 29.4. The molecule has 0 radical (unpaired) electrons. The Morgan fingerprint density at radius 3 is 1.16 bits per heavy atom. The van der Waals surface area contributed by atoms with E-state index in [4.69, 9.17) is 9.47 Å². The molecule has 2 atom stereocenters. The Labute approximate surface area is 487 Å². The Hall–Kier alpha value is -9.76. The van der Waals surface area contributed by atoms with E-state index in [1.165, 1.54) is 111 Å². The summed E-state index contributed by atoms with van der Waals surface area (Å²) >= 11 is 0. The number of hydrogen-bond acceptors (Lipinski definition) is 2. The predicted octanol–water partition coefficient (Wildman–Crippen LogP) is 19.8. The van der Waals surface area contributed by atoms with E-state index in [1.54, 1.807) is 0 Å². The predicted molar refractivity (Wildman–Crippen MR) is 344 cm³/mol. The van der Waals surface area contributed by atoms with Gasteiger partial charge in [0.15, 0.2) is 11.2 Å². The largest absolute Gasteiger partial charge is 0.473 e. The first-order valence-corrected chi connectivity index (χ1v) is 29.4. The zero-order valence-corrected chi connectivity index (χ0v) is 46.9. The summed E-state index contributed by atoms with van der Waals surface area (Å²) in [4.78, 5) is 0. The SMILES string of the molecule is Cc1ccc(C2(c3ccc(-c4ccccc4)cc3)C=Cc3c(c4c(c5ccccc35)-c3ccccc3CC4)O2)cc1.Cc1ccc(C2(c3ccc(Cc4ccccc4)cc3)C=Cc3c(c4c(c5ccccc35)-c3ccccc3CC4)O2)cc1. The molecule has 0 saturated carbocycles. The smallest absolute Gasteiger partial charge is 0.178 e. The summed E-state index contributed by atoms with van der Waals surface area (Å²) in [6.45, 7) is 4.28. The molecular weight excluding hydrogens is 1000 g/mol. The highest BCUT2D eigenvalue weighted by Crippen LogP contribution is 2.54. The minimum Gasteiger partial charge on any atom is -0.473 e. The van der Waals surface area contributed by atoms with Crippen LogP contribution in [0.4, 0.5) is 0 Å². The summed E-state index contributed by atoms with van der Waals surface area (Å²) in [5, 5.41) is 5.09. The lowest BCUT2D eigenvalue weighted by Crippen LogP contribution is -2.35. The molecule has 2 unspecified atom stereocenters. The Kier molecular flexibility index (Phi) is 12.5. The minimum absolute atomic E-state index is 0.723. The Morgan fingerprint density at radius 1 is 0.325 bits per heavy atom. The van der Waals surface area contributed by atoms with Gasteiger partial charge in [0.25, 0.3) is 0 Å². The fourth-order valence-electron chi connectivity index (χ4n) is 13.7. The standard InChI is InChI=1S/C41H32O.C40H30O/c1-28-15-20-32(21-16-28)41(33-22-17-30(18-23-33)27-29-9-3-2-4-10-29)26-25-37-35-13-7-8-14-36(35)39-34-12-6-5-11-31(34)19-24-38(39)40(37)42-41;1-27-15-20-31(21-16-27)40(32-22-17-29(18-23-32)28-9-3-2-4-10-28)26-25-36-34-13-7-8-14-35(34)38-33-12-6-5-11-30(33)19-24-37(38)39(36)41-40/h2-18,20-23,25-26H,19,24,27H2,1H3;2-18,20-23,25-26H,19,24H2,1H3. The molecular formula is C81H62O2. The van der Waals surface area contributed by atoms with Crippen LogP contribution in [0.3, 0.4) is 0 Å². The fourth-order valence-corrected chi connectivity index (χ4v) is 13.7. The van der Waals surface area contributed by atoms with Crippen LogP contribution in [0, 0.1) is 13.8 Å². The van der Waals surface area contributed by atoms with Crippen LogP contribution in [-0.4, -0.2) is 0 Å². The number of rotatable bonds is 7. The van der Waals surface area contributed by atoms with Crippen LogP contribution in [0.2, 0.25) is 0 Å². The van der Waals surface area contributed by atoms with Crippen LogP contribution in [0.1, 0.15) is 77.9 Å². The van der Waals surface area contributed by atoms with Crippen LogP contribution >= 0.6 is 0 Å². The highest BCUT2D eigenvalue weighted by molar-refractivity contribution is 6.08. The molecule has 2 nitrogen and oxygen atoms in total. The van der Waals surface area contributed by atoms with Gasteiger partial charge in [0, 0.05) is 44.5 Å². The molecule has 2 heteroatoms. The molecule has 2 aliphatic carbocycles. The van der Waals surface area contributed by atoms with Crippen molar-refractivity contribution in [2.45, 2.75) is 57.2 Å². The molecule has 83 heavy (non-hydrogen) atoms. The maximum absolute atomic E-state index is 7.42. The number of aryl methyl sites for hydroxylation is 4. The Morgan fingerprint density at radius 2 is 0.687 bits per heavy atom. The lowest BCUT2D eigenvalue weighted by Gasteiger charge is -2.39. The molecule has 0 spiro atoms. The molecule has 0 aromatic heterocycles. The average molecular weight is 1070 g/mol. The van der Waals surface area contributed by atoms with Gasteiger partial charge < -0.3 is 9.47 Å². The summed E-state index contributed by atoms with van der Waals surface area (Å²) in [5.41, 5.74) is 23.8. The van der Waals surface area contributed by atoms with Gasteiger partial charge >= 0.3 is 0 Å². The fraction of sp³-hybridized carbons (Fsp3) is 0.111. The van der Waals surface area contributed by atoms with Crippen molar-refractivity contribution in [3.05, 3.63) is 345 Å². The highest BCUT2D eigenvalue weighted by atomic mass is 16.5. The van der Waals surface area contributed by atoms with E-state index in [0.717, 1.165) is 65.9 Å². The number of fused-ring (bicyclic) bond motifs is 16. The third-order valence-corrected chi connectivity index (χ3v) is 18.0. The second-order valence-electron chi connectivity index (χ2n) is 23.0. The number of benzene rings is 12. The van der Waals surface area contributed by atoms with Gasteiger partial charge in [-0.25, -0.2) is 0 Å². The molecule has 12 aromatic rings. The van der Waals surface area contributed by atoms with Crippen molar-refractivity contribution in [2.24, 2.45) is 0 Å². The van der Waals surface area contributed by atoms with Crippen LogP contribution in [-0.2, 0) is 43.3 Å². The van der Waals surface area contributed by atoms with Crippen molar-refractivity contribution >= 4 is 33.7 Å². The van der Waals surface area contributed by atoms with Crippen molar-refractivity contribution in [3.63, 3.8) is 0 Å². The van der Waals surface area contributed by atoms with Crippen LogP contribution < -0.4 is 9.47 Å². The maximum Gasteiger partial charge on any atom is 0.178 e. The second kappa shape index (κ2) is 20.7. The van der Waals surface area contributed by atoms with E-state index in [1.807, 2.05) is 0 Å². The lowest BCUT2D eigenvalue weighted by atomic mass is 9.78. The Bertz CT molecular complexity index is 4490. The van der Waals surface area contributed by atoms with Gasteiger partial charge in [0.2, 0.25) is 0 Å². The van der Waals surface area contributed by atoms with E-state index in [0.29, 0.717) is 0 Å². The van der Waals surface area contributed by atoms with Crippen molar-refractivity contribution in [2.75, 3.05) is 0 Å². The van der Waals surface area contributed by atoms with Gasteiger partial charge in [-0.2, -0.15) is 0 Å². The van der Waals surface area contributed by atoms with E-state index in [2.05, 4.69) is 293 Å². The third-order valence-electron chi connectivity index (χ3n) is 18.0. The van der Waals surface area contributed by atoms with E-state index >= 15 is 0 Å². The molecule has 0 amide bonds. The second-order valence-corrected chi connectivity index (χ2v) is 23.0. The van der Waals surface area contributed by atoms with Crippen molar-refractivity contribution in [3.8, 4) is 44.9 Å². The van der Waals surface area contributed by atoms with E-state index in [-0.39, 0.29) is 0 Å². The number of ether oxygens (including phenoxy) is 2. The zero-order chi connectivity index (χ0) is 55.5. The monoisotopic (exact) mass is 1070 g/mol. The van der Waals surface area contributed by atoms with Crippen LogP contribution in [0.25, 0.3) is 67.1 Å². The molecule has 0 fully saturated rings. The van der Waals surface area contributed by atoms with E-state index in [9.17, 15) is 0 Å². The first-order chi connectivity index (χ1) is 40.9. The van der Waals surface area contributed by atoms with Crippen LogP contribution in [0.15, 0.2) is 267 Å². The van der Waals surface area contributed by atoms with Crippen molar-refractivity contribution < 1.29 is 9.47 Å². The minimum atomic E-state index is -0.733.